The number of aromatic nitrogens is 1. The predicted octanol–water partition coefficient (Wildman–Crippen LogP) is 3.97. The molecule has 11 nitrogen and oxygen atoms in total. The molecule has 1 saturated heterocycles. The number of carbonyl (C=O) groups is 5. The fourth-order valence-corrected chi connectivity index (χ4v) is 4.94. The summed E-state index contributed by atoms with van der Waals surface area (Å²) in [6.07, 6.45) is -0.0643. The molecule has 1 fully saturated rings. The molecule has 228 valence electrons. The number of nitrogens with one attached hydrogen (secondary N) is 2. The molecule has 0 atom stereocenters. The molecule has 2 heterocycles. The average molecular weight is 587 g/mol. The molecule has 12 heteroatoms. The summed E-state index contributed by atoms with van der Waals surface area (Å²) in [5.74, 6) is -3.26. The maximum atomic E-state index is 13.7. The first-order valence-corrected chi connectivity index (χ1v) is 13.7. The lowest BCUT2D eigenvalue weighted by Gasteiger charge is -2.41. The number of esters is 1. The Morgan fingerprint density at radius 3 is 2.21 bits per heavy atom. The second-order valence-corrected chi connectivity index (χ2v) is 11.7. The number of hydrogen-bond donors (Lipinski definition) is 2. The van der Waals surface area contributed by atoms with Gasteiger partial charge in [0, 0.05) is 38.4 Å². The topological polar surface area (TPSA) is 136 Å². The summed E-state index contributed by atoms with van der Waals surface area (Å²) in [6, 6.07) is 4.18. The van der Waals surface area contributed by atoms with Crippen LogP contribution in [0.25, 0.3) is 0 Å². The van der Waals surface area contributed by atoms with Crippen LogP contribution in [0.3, 0.4) is 0 Å². The van der Waals surface area contributed by atoms with Gasteiger partial charge in [0.2, 0.25) is 0 Å². The van der Waals surface area contributed by atoms with E-state index in [0.717, 1.165) is 0 Å². The van der Waals surface area contributed by atoms with Crippen molar-refractivity contribution in [2.45, 2.75) is 72.4 Å². The predicted molar refractivity (Wildman–Crippen MR) is 153 cm³/mol. The highest BCUT2D eigenvalue weighted by Crippen LogP contribution is 2.27. The number of aryl methyl sites for hydroxylation is 1. The smallest absolute Gasteiger partial charge is 0.410 e. The fraction of sp³-hybridized carbons (Fsp3) is 0.500. The van der Waals surface area contributed by atoms with Gasteiger partial charge in [-0.25, -0.2) is 9.18 Å². The number of rotatable bonds is 7. The molecule has 1 aromatic heterocycles. The molecular weight excluding hydrogens is 547 g/mol. The minimum atomic E-state index is -1.09. The van der Waals surface area contributed by atoms with Crippen LogP contribution in [-0.4, -0.2) is 70.0 Å². The summed E-state index contributed by atoms with van der Waals surface area (Å²) in [5.41, 5.74) is -0.0106. The summed E-state index contributed by atoms with van der Waals surface area (Å²) in [5, 5.41) is 5.48. The maximum Gasteiger partial charge on any atom is 0.410 e. The van der Waals surface area contributed by atoms with Gasteiger partial charge < -0.3 is 29.6 Å². The Kier molecular flexibility index (Phi) is 9.49. The van der Waals surface area contributed by atoms with Crippen molar-refractivity contribution in [3.63, 3.8) is 0 Å². The monoisotopic (exact) mass is 586 g/mol. The van der Waals surface area contributed by atoms with Gasteiger partial charge in [-0.1, -0.05) is 0 Å². The van der Waals surface area contributed by atoms with E-state index in [4.69, 9.17) is 9.47 Å². The first kappa shape index (κ1) is 32.3. The van der Waals surface area contributed by atoms with Crippen LogP contribution in [0, 0.1) is 26.6 Å². The first-order valence-electron chi connectivity index (χ1n) is 13.7. The van der Waals surface area contributed by atoms with Crippen molar-refractivity contribution in [3.8, 4) is 0 Å². The van der Waals surface area contributed by atoms with Gasteiger partial charge in [0.1, 0.15) is 18.0 Å². The lowest BCUT2D eigenvalue weighted by Crippen LogP contribution is -2.60. The van der Waals surface area contributed by atoms with E-state index < -0.39 is 46.6 Å². The Balaban J connectivity index is 1.81. The molecule has 42 heavy (non-hydrogen) atoms. The summed E-state index contributed by atoms with van der Waals surface area (Å²) in [4.78, 5) is 65.7. The molecular formula is C30H39FN4O7. The lowest BCUT2D eigenvalue weighted by molar-refractivity contribution is -0.145. The fourth-order valence-electron chi connectivity index (χ4n) is 4.94. The van der Waals surface area contributed by atoms with Crippen molar-refractivity contribution in [2.24, 2.45) is 7.05 Å². The summed E-state index contributed by atoms with van der Waals surface area (Å²) in [6.45, 7) is 11.6. The molecule has 3 amide bonds. The van der Waals surface area contributed by atoms with Crippen LogP contribution in [0.1, 0.15) is 78.2 Å². The second kappa shape index (κ2) is 12.3. The number of benzene rings is 1. The normalized spacial score (nSPS) is 14.6. The number of anilines is 1. The van der Waals surface area contributed by atoms with E-state index in [2.05, 4.69) is 10.6 Å². The summed E-state index contributed by atoms with van der Waals surface area (Å²) >= 11 is 0. The minimum absolute atomic E-state index is 0.0271. The van der Waals surface area contributed by atoms with Gasteiger partial charge in [0.05, 0.1) is 16.8 Å². The highest BCUT2D eigenvalue weighted by Gasteiger charge is 2.41. The quantitative estimate of drug-likeness (QED) is 0.285. The summed E-state index contributed by atoms with van der Waals surface area (Å²) < 4.78 is 25.8. The second-order valence-electron chi connectivity index (χ2n) is 11.7. The number of ether oxygens (including phenoxy) is 2. The van der Waals surface area contributed by atoms with Gasteiger partial charge in [-0.2, -0.15) is 0 Å². The number of hydrogen-bond acceptors (Lipinski definition) is 7. The van der Waals surface area contributed by atoms with Crippen molar-refractivity contribution in [2.75, 3.05) is 25.0 Å². The highest BCUT2D eigenvalue weighted by molar-refractivity contribution is 6.43. The number of Topliss-reactive ketones (excluding diaryl/α,β-unsaturated/α-hetero) is 1. The highest BCUT2D eigenvalue weighted by atomic mass is 19.1. The maximum absolute atomic E-state index is 13.7. The van der Waals surface area contributed by atoms with Gasteiger partial charge in [-0.3, -0.25) is 19.2 Å². The van der Waals surface area contributed by atoms with E-state index in [-0.39, 0.29) is 43.8 Å². The Bertz CT molecular complexity index is 1420. The molecule has 2 N–H and O–H groups in total. The molecule has 0 bridgehead atoms. The molecule has 1 aliphatic rings. The van der Waals surface area contributed by atoms with Gasteiger partial charge in [-0.05, 0) is 83.7 Å². The van der Waals surface area contributed by atoms with Crippen molar-refractivity contribution in [3.05, 3.63) is 52.1 Å². The van der Waals surface area contributed by atoms with Crippen molar-refractivity contribution >= 4 is 35.3 Å². The van der Waals surface area contributed by atoms with Crippen LogP contribution in [0.2, 0.25) is 0 Å². The third-order valence-corrected chi connectivity index (χ3v) is 7.30. The van der Waals surface area contributed by atoms with Crippen LogP contribution >= 0.6 is 0 Å². The first-order chi connectivity index (χ1) is 19.4. The number of nitrogens with zero attached hydrogens (tertiary/aromatic N) is 2. The van der Waals surface area contributed by atoms with Gasteiger partial charge >= 0.3 is 12.1 Å². The zero-order valence-electron chi connectivity index (χ0n) is 25.4. The Hall–Kier alpha value is -4.22. The molecule has 0 spiro atoms. The third-order valence-electron chi connectivity index (χ3n) is 7.30. The molecule has 0 radical (unpaired) electrons. The zero-order valence-corrected chi connectivity index (χ0v) is 25.4. The van der Waals surface area contributed by atoms with E-state index in [1.54, 1.807) is 48.6 Å². The average Bonchev–Trinajstić information content (AvgIpc) is 3.11. The summed E-state index contributed by atoms with van der Waals surface area (Å²) in [7, 11) is 1.58. The number of carbonyl (C=O) groups excluding carboxylic acids is 5. The van der Waals surface area contributed by atoms with E-state index in [9.17, 15) is 28.4 Å². The largest absolute Gasteiger partial charge is 0.463 e. The van der Waals surface area contributed by atoms with Gasteiger partial charge in [0.25, 0.3) is 17.6 Å². The van der Waals surface area contributed by atoms with E-state index in [1.165, 1.54) is 34.6 Å². The van der Waals surface area contributed by atoms with Crippen LogP contribution in [-0.2, 0) is 26.1 Å². The number of halogens is 1. The molecule has 2 aromatic rings. The standard InChI is InChI=1S/C30H39FN4O7/c1-17-15-21(9-10-22(17)31)32-26(38)23-18(2)24(34(8)19(23)3)25(37)27(39)33-30(16-41-20(4)36)11-13-35(14-12-30)28(40)42-29(5,6)7/h9-10,15H,11-14,16H2,1-8H3,(H,32,38)(H,33,39). The van der Waals surface area contributed by atoms with Crippen molar-refractivity contribution < 1.29 is 37.8 Å². The van der Waals surface area contributed by atoms with Crippen molar-refractivity contribution in [1.29, 1.82) is 0 Å². The van der Waals surface area contributed by atoms with E-state index in [1.807, 2.05) is 0 Å². The number of likely N-dealkylation sites (tertiary alicyclic amines) is 1. The molecule has 0 saturated carbocycles. The van der Waals surface area contributed by atoms with E-state index in [0.29, 0.717) is 22.5 Å². The molecule has 3 rings (SSSR count). The zero-order chi connectivity index (χ0) is 31.6. The molecule has 1 aliphatic heterocycles. The van der Waals surface area contributed by atoms with E-state index >= 15 is 0 Å². The third kappa shape index (κ3) is 7.34. The van der Waals surface area contributed by atoms with Crippen LogP contribution in [0.15, 0.2) is 18.2 Å². The molecule has 1 aromatic carbocycles. The van der Waals surface area contributed by atoms with Crippen molar-refractivity contribution in [1.82, 2.24) is 14.8 Å². The number of ketones is 1. The van der Waals surface area contributed by atoms with Gasteiger partial charge in [0.15, 0.2) is 0 Å². The Morgan fingerprint density at radius 2 is 1.67 bits per heavy atom. The molecule has 0 aliphatic carbocycles. The minimum Gasteiger partial charge on any atom is -0.463 e. The van der Waals surface area contributed by atoms with Crippen LogP contribution in [0.5, 0.6) is 0 Å². The number of piperidine rings is 1. The SMILES string of the molecule is CC(=O)OCC1(NC(=O)C(=O)c2c(C)c(C(=O)Nc3ccc(F)c(C)c3)c(C)n2C)CCN(C(=O)OC(C)(C)C)CC1. The van der Waals surface area contributed by atoms with Crippen LogP contribution < -0.4 is 10.6 Å². The lowest BCUT2D eigenvalue weighted by atomic mass is 9.87. The Morgan fingerprint density at radius 1 is 1.05 bits per heavy atom. The Labute approximate surface area is 244 Å². The van der Waals surface area contributed by atoms with Gasteiger partial charge in [-0.15, -0.1) is 0 Å². The molecule has 0 unspecified atom stereocenters. The number of amides is 3. The van der Waals surface area contributed by atoms with Crippen LogP contribution in [0.4, 0.5) is 14.9 Å².